The van der Waals surface area contributed by atoms with Gasteiger partial charge in [-0.1, -0.05) is 38.5 Å². The molecular weight excluding hydrogens is 148 g/mol. The Hall–Kier alpha value is -0.0400. The van der Waals surface area contributed by atoms with Crippen molar-refractivity contribution in [1.29, 1.82) is 0 Å². The van der Waals surface area contributed by atoms with Crippen molar-refractivity contribution in [3.8, 4) is 0 Å². The topological polar surface area (TPSA) is 12.5 Å². The molecule has 0 amide bonds. The van der Waals surface area contributed by atoms with Crippen LogP contribution in [0.4, 0.5) is 0 Å². The minimum absolute atomic E-state index is 0.670. The second-order valence-corrected chi connectivity index (χ2v) is 4.33. The Bertz CT molecular complexity index is 119. The lowest BCUT2D eigenvalue weighted by Gasteiger charge is -2.11. The van der Waals surface area contributed by atoms with Gasteiger partial charge in [-0.3, -0.25) is 0 Å². The van der Waals surface area contributed by atoms with Crippen LogP contribution in [0.25, 0.3) is 0 Å². The van der Waals surface area contributed by atoms with E-state index in [1.54, 1.807) is 0 Å². The van der Waals surface area contributed by atoms with Gasteiger partial charge >= 0.3 is 0 Å². The molecule has 1 saturated heterocycles. The van der Waals surface area contributed by atoms with Gasteiger partial charge in [-0.05, 0) is 18.8 Å². The smallest absolute Gasteiger partial charge is 0.0838 e. The summed E-state index contributed by atoms with van der Waals surface area (Å²) in [5.41, 5.74) is 0. The van der Waals surface area contributed by atoms with E-state index in [1.807, 2.05) is 0 Å². The summed E-state index contributed by atoms with van der Waals surface area (Å²) in [4.78, 5) is 0. The molecule has 70 valence electrons. The Balaban J connectivity index is 1.76. The van der Waals surface area contributed by atoms with Crippen LogP contribution in [0.5, 0.6) is 0 Å². The molecule has 1 heterocycles. The molecule has 12 heavy (non-hydrogen) atoms. The van der Waals surface area contributed by atoms with Crippen LogP contribution in [0.1, 0.15) is 51.4 Å². The van der Waals surface area contributed by atoms with E-state index in [0.29, 0.717) is 6.10 Å². The molecule has 1 unspecified atom stereocenters. The van der Waals surface area contributed by atoms with Gasteiger partial charge in [0.2, 0.25) is 0 Å². The zero-order valence-corrected chi connectivity index (χ0v) is 7.93. The van der Waals surface area contributed by atoms with Crippen molar-refractivity contribution in [2.75, 3.05) is 6.61 Å². The van der Waals surface area contributed by atoms with E-state index >= 15 is 0 Å². The largest absolute Gasteiger partial charge is 0.373 e. The summed E-state index contributed by atoms with van der Waals surface area (Å²) in [6.07, 6.45) is 12.3. The molecule has 0 aromatic rings. The van der Waals surface area contributed by atoms with Gasteiger partial charge in [0.15, 0.2) is 0 Å². The predicted octanol–water partition coefficient (Wildman–Crippen LogP) is 3.14. The van der Waals surface area contributed by atoms with Crippen molar-refractivity contribution in [2.45, 2.75) is 57.5 Å². The molecule has 1 nitrogen and oxygen atoms in total. The molecule has 2 fully saturated rings. The van der Waals surface area contributed by atoms with Crippen LogP contribution in [0.3, 0.4) is 0 Å². The first kappa shape index (κ1) is 8.55. The molecule has 1 saturated carbocycles. The second kappa shape index (κ2) is 4.27. The van der Waals surface area contributed by atoms with Gasteiger partial charge in [-0.15, -0.1) is 0 Å². The van der Waals surface area contributed by atoms with Crippen molar-refractivity contribution in [3.63, 3.8) is 0 Å². The maximum atomic E-state index is 5.39. The maximum absolute atomic E-state index is 5.39. The summed E-state index contributed by atoms with van der Waals surface area (Å²) < 4.78 is 5.39. The third kappa shape index (κ3) is 2.48. The molecule has 0 radical (unpaired) electrons. The van der Waals surface area contributed by atoms with E-state index < -0.39 is 0 Å². The minimum atomic E-state index is 0.670. The first-order valence-corrected chi connectivity index (χ1v) is 5.58. The van der Waals surface area contributed by atoms with Crippen LogP contribution in [-0.4, -0.2) is 12.7 Å². The zero-order chi connectivity index (χ0) is 8.23. The monoisotopic (exact) mass is 168 g/mol. The van der Waals surface area contributed by atoms with Crippen LogP contribution >= 0.6 is 0 Å². The molecule has 0 aromatic carbocycles. The fraction of sp³-hybridized carbons (Fsp3) is 1.00. The molecule has 1 aliphatic carbocycles. The van der Waals surface area contributed by atoms with Gasteiger partial charge in [-0.2, -0.15) is 0 Å². The van der Waals surface area contributed by atoms with Crippen molar-refractivity contribution in [1.82, 2.24) is 0 Å². The summed E-state index contributed by atoms with van der Waals surface area (Å²) in [5.74, 6) is 0.920. The minimum Gasteiger partial charge on any atom is -0.373 e. The average molecular weight is 168 g/mol. The molecule has 0 aromatic heterocycles. The number of hydrogen-bond acceptors (Lipinski definition) is 1. The van der Waals surface area contributed by atoms with Gasteiger partial charge in [0.05, 0.1) is 12.7 Å². The van der Waals surface area contributed by atoms with E-state index in [4.69, 9.17) is 4.74 Å². The molecule has 1 heteroatoms. The first-order valence-electron chi connectivity index (χ1n) is 5.58. The zero-order valence-electron chi connectivity index (χ0n) is 7.93. The Kier molecular flexibility index (Phi) is 3.04. The summed E-state index contributed by atoms with van der Waals surface area (Å²) >= 11 is 0. The van der Waals surface area contributed by atoms with Gasteiger partial charge in [-0.25, -0.2) is 0 Å². The maximum Gasteiger partial charge on any atom is 0.0838 e. The summed E-state index contributed by atoms with van der Waals surface area (Å²) in [7, 11) is 0. The highest BCUT2D eigenvalue weighted by atomic mass is 16.6. The van der Waals surface area contributed by atoms with E-state index in [2.05, 4.69) is 0 Å². The molecule has 1 atom stereocenters. The van der Waals surface area contributed by atoms with E-state index in [0.717, 1.165) is 12.5 Å². The quantitative estimate of drug-likeness (QED) is 0.548. The van der Waals surface area contributed by atoms with Gasteiger partial charge < -0.3 is 4.74 Å². The Morgan fingerprint density at radius 3 is 1.75 bits per heavy atom. The Labute approximate surface area is 75.5 Å². The van der Waals surface area contributed by atoms with Gasteiger partial charge in [0, 0.05) is 0 Å². The third-order valence-electron chi connectivity index (χ3n) is 3.28. The normalized spacial score (nSPS) is 33.5. The van der Waals surface area contributed by atoms with Crippen LogP contribution in [-0.2, 0) is 4.74 Å². The fourth-order valence-corrected chi connectivity index (χ4v) is 2.36. The Morgan fingerprint density at radius 2 is 1.25 bits per heavy atom. The average Bonchev–Trinajstić information content (AvgIpc) is 2.87. The van der Waals surface area contributed by atoms with E-state index in [1.165, 1.54) is 51.4 Å². The fourth-order valence-electron chi connectivity index (χ4n) is 2.36. The lowest BCUT2D eigenvalue weighted by molar-refractivity contribution is 0.295. The molecule has 2 rings (SSSR count). The number of ether oxygens (including phenoxy) is 1. The standard InChI is InChI=1S/C11H20O/c1-2-4-6-8-10(7-5-3-1)11-9-12-11/h10-11H,1-9H2. The molecule has 0 spiro atoms. The summed E-state index contributed by atoms with van der Waals surface area (Å²) in [5, 5.41) is 0. The van der Waals surface area contributed by atoms with Crippen molar-refractivity contribution in [2.24, 2.45) is 5.92 Å². The van der Waals surface area contributed by atoms with Crippen molar-refractivity contribution >= 4 is 0 Å². The molecule has 2 aliphatic rings. The molecular formula is C11H20O. The van der Waals surface area contributed by atoms with Gasteiger partial charge in [0.25, 0.3) is 0 Å². The number of hydrogen-bond donors (Lipinski definition) is 0. The predicted molar refractivity (Wildman–Crippen MR) is 50.2 cm³/mol. The van der Waals surface area contributed by atoms with E-state index in [9.17, 15) is 0 Å². The number of rotatable bonds is 1. The third-order valence-corrected chi connectivity index (χ3v) is 3.28. The summed E-state index contributed by atoms with van der Waals surface area (Å²) in [6.45, 7) is 1.06. The van der Waals surface area contributed by atoms with Crippen molar-refractivity contribution in [3.05, 3.63) is 0 Å². The number of epoxide rings is 1. The van der Waals surface area contributed by atoms with Crippen LogP contribution in [0, 0.1) is 5.92 Å². The van der Waals surface area contributed by atoms with Crippen molar-refractivity contribution < 1.29 is 4.74 Å². The molecule has 1 aliphatic heterocycles. The lowest BCUT2D eigenvalue weighted by atomic mass is 9.94. The Morgan fingerprint density at radius 1 is 0.750 bits per heavy atom. The highest BCUT2D eigenvalue weighted by Gasteiger charge is 2.31. The molecule has 0 N–H and O–H groups in total. The van der Waals surface area contributed by atoms with Crippen LogP contribution in [0.15, 0.2) is 0 Å². The second-order valence-electron chi connectivity index (χ2n) is 4.33. The lowest BCUT2D eigenvalue weighted by Crippen LogP contribution is -2.07. The van der Waals surface area contributed by atoms with Crippen LogP contribution in [0.2, 0.25) is 0 Å². The summed E-state index contributed by atoms with van der Waals surface area (Å²) in [6, 6.07) is 0. The highest BCUT2D eigenvalue weighted by Crippen LogP contribution is 2.31. The van der Waals surface area contributed by atoms with Gasteiger partial charge in [0.1, 0.15) is 0 Å². The first-order chi connectivity index (χ1) is 5.97. The highest BCUT2D eigenvalue weighted by molar-refractivity contribution is 4.79. The van der Waals surface area contributed by atoms with E-state index in [-0.39, 0.29) is 0 Å². The molecule has 0 bridgehead atoms. The van der Waals surface area contributed by atoms with Crippen LogP contribution < -0.4 is 0 Å². The SMILES string of the molecule is C1CCCCC(C2CO2)CCC1.